The van der Waals surface area contributed by atoms with E-state index >= 15 is 0 Å². The molecule has 0 aromatic carbocycles. The van der Waals surface area contributed by atoms with Crippen molar-refractivity contribution in [1.29, 1.82) is 0 Å². The van der Waals surface area contributed by atoms with Crippen LogP contribution in [0.2, 0.25) is 0 Å². The van der Waals surface area contributed by atoms with Crippen LogP contribution in [0, 0.1) is 0 Å². The molecule has 0 bridgehead atoms. The molecule has 3 rings (SSSR count). The zero-order valence-corrected chi connectivity index (χ0v) is 13.0. The number of nitrogens with zero attached hydrogens (tertiary/aromatic N) is 3. The molecular weight excluding hydrogens is 332 g/mol. The smallest absolute Gasteiger partial charge is 0.268 e. The predicted molar refractivity (Wildman–Crippen MR) is 83.8 cm³/mol. The van der Waals surface area contributed by atoms with Crippen LogP contribution < -0.4 is 5.32 Å². The van der Waals surface area contributed by atoms with E-state index in [0.29, 0.717) is 12.2 Å². The average Bonchev–Trinajstić information content (AvgIpc) is 2.85. The van der Waals surface area contributed by atoms with Gasteiger partial charge < -0.3 is 9.88 Å². The first kappa shape index (κ1) is 13.8. The van der Waals surface area contributed by atoms with Gasteiger partial charge in [-0.25, -0.2) is 0 Å². The lowest BCUT2D eigenvalue weighted by molar-refractivity contribution is 0.0943. The second-order valence-electron chi connectivity index (χ2n) is 4.68. The van der Waals surface area contributed by atoms with E-state index in [0.717, 1.165) is 20.9 Å². The maximum atomic E-state index is 12.3. The first-order valence-corrected chi connectivity index (χ1v) is 7.22. The molecule has 0 saturated carbocycles. The van der Waals surface area contributed by atoms with Gasteiger partial charge in [0.05, 0.1) is 11.7 Å². The summed E-state index contributed by atoms with van der Waals surface area (Å²) in [5.41, 5.74) is 2.53. The van der Waals surface area contributed by atoms with Crippen molar-refractivity contribution in [2.75, 3.05) is 0 Å². The standard InChI is InChI=1S/C15H13BrN4O/c1-20-13(6-11-12(16)8-18-9-14(11)20)15(21)19-7-10-2-4-17-5-3-10/h2-6,8-9H,7H2,1H3,(H,19,21). The Morgan fingerprint density at radius 1 is 1.29 bits per heavy atom. The summed E-state index contributed by atoms with van der Waals surface area (Å²) in [6.07, 6.45) is 6.89. The lowest BCUT2D eigenvalue weighted by atomic mass is 10.2. The fraction of sp³-hybridized carbons (Fsp3) is 0.133. The number of carbonyl (C=O) groups excluding carboxylic acids is 1. The highest BCUT2D eigenvalue weighted by Crippen LogP contribution is 2.25. The van der Waals surface area contributed by atoms with Gasteiger partial charge in [-0.05, 0) is 39.7 Å². The van der Waals surface area contributed by atoms with E-state index in [4.69, 9.17) is 0 Å². The molecule has 3 heterocycles. The minimum absolute atomic E-state index is 0.114. The number of nitrogens with one attached hydrogen (secondary N) is 1. The van der Waals surface area contributed by atoms with Crippen LogP contribution in [0.3, 0.4) is 0 Å². The molecule has 0 aliphatic rings. The Morgan fingerprint density at radius 2 is 2.05 bits per heavy atom. The molecule has 0 unspecified atom stereocenters. The highest BCUT2D eigenvalue weighted by molar-refractivity contribution is 9.10. The Labute approximate surface area is 130 Å². The van der Waals surface area contributed by atoms with E-state index < -0.39 is 0 Å². The fourth-order valence-electron chi connectivity index (χ4n) is 2.20. The van der Waals surface area contributed by atoms with E-state index in [9.17, 15) is 4.79 Å². The molecule has 3 aromatic rings. The van der Waals surface area contributed by atoms with Crippen molar-refractivity contribution in [2.24, 2.45) is 7.05 Å². The van der Waals surface area contributed by atoms with Crippen molar-refractivity contribution in [3.05, 3.63) is 58.7 Å². The van der Waals surface area contributed by atoms with Gasteiger partial charge >= 0.3 is 0 Å². The van der Waals surface area contributed by atoms with Crippen molar-refractivity contribution in [1.82, 2.24) is 19.9 Å². The summed E-state index contributed by atoms with van der Waals surface area (Å²) < 4.78 is 2.72. The van der Waals surface area contributed by atoms with Crippen LogP contribution in [0.4, 0.5) is 0 Å². The van der Waals surface area contributed by atoms with Crippen molar-refractivity contribution < 1.29 is 4.79 Å². The Kier molecular flexibility index (Phi) is 3.70. The number of fused-ring (bicyclic) bond motifs is 1. The number of halogens is 1. The van der Waals surface area contributed by atoms with Gasteiger partial charge in [-0.3, -0.25) is 14.8 Å². The Balaban J connectivity index is 1.85. The van der Waals surface area contributed by atoms with Gasteiger partial charge in [0, 0.05) is 42.0 Å². The lowest BCUT2D eigenvalue weighted by Crippen LogP contribution is -2.24. The number of hydrogen-bond acceptors (Lipinski definition) is 3. The number of rotatable bonds is 3. The summed E-state index contributed by atoms with van der Waals surface area (Å²) >= 11 is 3.45. The number of aryl methyl sites for hydroxylation is 1. The highest BCUT2D eigenvalue weighted by Gasteiger charge is 2.14. The normalized spacial score (nSPS) is 10.8. The summed E-state index contributed by atoms with van der Waals surface area (Å²) in [5, 5.41) is 3.89. The maximum Gasteiger partial charge on any atom is 0.268 e. The van der Waals surface area contributed by atoms with Crippen LogP contribution in [-0.4, -0.2) is 20.4 Å². The third-order valence-electron chi connectivity index (χ3n) is 3.36. The largest absolute Gasteiger partial charge is 0.347 e. The van der Waals surface area contributed by atoms with Gasteiger partial charge in [-0.2, -0.15) is 0 Å². The topological polar surface area (TPSA) is 59.8 Å². The van der Waals surface area contributed by atoms with Gasteiger partial charge in [0.25, 0.3) is 5.91 Å². The molecule has 21 heavy (non-hydrogen) atoms. The molecule has 5 nitrogen and oxygen atoms in total. The van der Waals surface area contributed by atoms with Crippen LogP contribution in [0.5, 0.6) is 0 Å². The Morgan fingerprint density at radius 3 is 2.76 bits per heavy atom. The van der Waals surface area contributed by atoms with Gasteiger partial charge in [0.1, 0.15) is 5.69 Å². The minimum atomic E-state index is -0.114. The number of amides is 1. The SMILES string of the molecule is Cn1c(C(=O)NCc2ccncc2)cc2c(Br)cncc21. The van der Waals surface area contributed by atoms with Crippen LogP contribution in [0.15, 0.2) is 47.5 Å². The van der Waals surface area contributed by atoms with E-state index in [2.05, 4.69) is 31.2 Å². The summed E-state index contributed by atoms with van der Waals surface area (Å²) in [7, 11) is 1.86. The predicted octanol–water partition coefficient (Wildman–Crippen LogP) is 2.66. The third-order valence-corrected chi connectivity index (χ3v) is 3.99. The minimum Gasteiger partial charge on any atom is -0.347 e. The Hall–Kier alpha value is -2.21. The highest BCUT2D eigenvalue weighted by atomic mass is 79.9. The number of aromatic nitrogens is 3. The molecule has 6 heteroatoms. The van der Waals surface area contributed by atoms with E-state index in [-0.39, 0.29) is 5.91 Å². The molecule has 1 N–H and O–H groups in total. The second-order valence-corrected chi connectivity index (χ2v) is 5.54. The van der Waals surface area contributed by atoms with Gasteiger partial charge in [0.2, 0.25) is 0 Å². The van der Waals surface area contributed by atoms with Crippen molar-refractivity contribution in [3.8, 4) is 0 Å². The van der Waals surface area contributed by atoms with Gasteiger partial charge in [-0.15, -0.1) is 0 Å². The molecule has 3 aromatic heterocycles. The summed E-state index contributed by atoms with van der Waals surface area (Å²) in [6.45, 7) is 0.475. The zero-order chi connectivity index (χ0) is 14.8. The van der Waals surface area contributed by atoms with Crippen molar-refractivity contribution in [2.45, 2.75) is 6.54 Å². The maximum absolute atomic E-state index is 12.3. The van der Waals surface area contributed by atoms with Crippen LogP contribution in [-0.2, 0) is 13.6 Å². The van der Waals surface area contributed by atoms with Crippen LogP contribution >= 0.6 is 15.9 Å². The number of hydrogen-bond donors (Lipinski definition) is 1. The van der Waals surface area contributed by atoms with E-state index in [1.54, 1.807) is 24.8 Å². The number of carbonyl (C=O) groups is 1. The summed E-state index contributed by atoms with van der Waals surface area (Å²) in [5.74, 6) is -0.114. The number of pyridine rings is 2. The van der Waals surface area contributed by atoms with E-state index in [1.165, 1.54) is 0 Å². The first-order chi connectivity index (χ1) is 10.2. The molecular formula is C15H13BrN4O. The van der Waals surface area contributed by atoms with Crippen LogP contribution in [0.1, 0.15) is 16.1 Å². The van der Waals surface area contributed by atoms with Gasteiger partial charge in [0.15, 0.2) is 0 Å². The molecule has 0 aliphatic carbocycles. The Bertz CT molecular complexity index is 798. The molecule has 0 spiro atoms. The fourth-order valence-corrected chi connectivity index (χ4v) is 2.64. The molecule has 0 fully saturated rings. The first-order valence-electron chi connectivity index (χ1n) is 6.43. The average molecular weight is 345 g/mol. The molecule has 0 atom stereocenters. The molecule has 1 amide bonds. The lowest BCUT2D eigenvalue weighted by Gasteiger charge is -2.06. The van der Waals surface area contributed by atoms with E-state index in [1.807, 2.05) is 29.8 Å². The monoisotopic (exact) mass is 344 g/mol. The summed E-state index contributed by atoms with van der Waals surface area (Å²) in [6, 6.07) is 5.62. The second kappa shape index (κ2) is 5.65. The van der Waals surface area contributed by atoms with Crippen LogP contribution in [0.25, 0.3) is 10.9 Å². The molecule has 106 valence electrons. The van der Waals surface area contributed by atoms with Gasteiger partial charge in [-0.1, -0.05) is 0 Å². The zero-order valence-electron chi connectivity index (χ0n) is 11.4. The van der Waals surface area contributed by atoms with Crippen molar-refractivity contribution >= 4 is 32.7 Å². The van der Waals surface area contributed by atoms with Crippen molar-refractivity contribution in [3.63, 3.8) is 0 Å². The summed E-state index contributed by atoms with van der Waals surface area (Å²) in [4.78, 5) is 20.4. The molecule has 0 aliphatic heterocycles. The molecule has 0 radical (unpaired) electrons. The third kappa shape index (κ3) is 2.67. The molecule has 0 saturated heterocycles. The quantitative estimate of drug-likeness (QED) is 0.794.